The fourth-order valence-corrected chi connectivity index (χ4v) is 1.34. The van der Waals surface area contributed by atoms with Gasteiger partial charge in [0.2, 0.25) is 0 Å². The highest BCUT2D eigenvalue weighted by Crippen LogP contribution is 2.19. The summed E-state index contributed by atoms with van der Waals surface area (Å²) in [5, 5.41) is 8.00. The van der Waals surface area contributed by atoms with Crippen LogP contribution in [0.1, 0.15) is 33.3 Å². The molecule has 0 aliphatic rings. The predicted octanol–water partition coefficient (Wildman–Crippen LogP) is 2.72. The molecule has 1 N–H and O–H groups in total. The number of hydrogen-bond acceptors (Lipinski definition) is 2. The topological polar surface area (TPSA) is 41.6 Å². The van der Waals surface area contributed by atoms with E-state index in [2.05, 4.69) is 35.1 Å². The molecule has 0 saturated carbocycles. The van der Waals surface area contributed by atoms with Crippen molar-refractivity contribution in [3.8, 4) is 0 Å². The molecule has 2 aromatic heterocycles. The van der Waals surface area contributed by atoms with Crippen LogP contribution in [0.4, 0.5) is 0 Å². The van der Waals surface area contributed by atoms with Gasteiger partial charge in [0, 0.05) is 12.5 Å². The SMILES string of the molecule is CCC(C)c1cc2cn[nH]c2cn1.[HH]. The van der Waals surface area contributed by atoms with Crippen LogP contribution in [0.15, 0.2) is 18.5 Å². The number of H-pyrrole nitrogens is 1. The van der Waals surface area contributed by atoms with Crippen molar-refractivity contribution in [2.75, 3.05) is 0 Å². The van der Waals surface area contributed by atoms with Gasteiger partial charge < -0.3 is 0 Å². The highest BCUT2D eigenvalue weighted by molar-refractivity contribution is 5.77. The first kappa shape index (κ1) is 8.23. The van der Waals surface area contributed by atoms with Gasteiger partial charge in [-0.1, -0.05) is 13.8 Å². The lowest BCUT2D eigenvalue weighted by Crippen LogP contribution is -1.94. The molecule has 0 amide bonds. The van der Waals surface area contributed by atoms with E-state index in [-0.39, 0.29) is 1.43 Å². The first-order valence-electron chi connectivity index (χ1n) is 4.60. The molecule has 70 valence electrons. The fourth-order valence-electron chi connectivity index (χ4n) is 1.34. The van der Waals surface area contributed by atoms with Crippen molar-refractivity contribution in [1.82, 2.24) is 15.2 Å². The Morgan fingerprint density at radius 1 is 1.54 bits per heavy atom. The summed E-state index contributed by atoms with van der Waals surface area (Å²) in [6.07, 6.45) is 4.81. The first-order valence-corrected chi connectivity index (χ1v) is 4.60. The summed E-state index contributed by atoms with van der Waals surface area (Å²) >= 11 is 0. The third-order valence-electron chi connectivity index (χ3n) is 2.46. The minimum Gasteiger partial charge on any atom is -0.276 e. The monoisotopic (exact) mass is 177 g/mol. The van der Waals surface area contributed by atoms with Crippen LogP contribution in [0.25, 0.3) is 10.9 Å². The summed E-state index contributed by atoms with van der Waals surface area (Å²) in [5.41, 5.74) is 2.16. The maximum atomic E-state index is 4.38. The molecular weight excluding hydrogens is 162 g/mol. The Labute approximate surface area is 78.7 Å². The molecule has 2 aromatic rings. The Morgan fingerprint density at radius 2 is 2.38 bits per heavy atom. The number of hydrogen-bond donors (Lipinski definition) is 1. The smallest absolute Gasteiger partial charge is 0.0833 e. The molecule has 2 rings (SSSR count). The molecule has 0 fully saturated rings. The van der Waals surface area contributed by atoms with Crippen LogP contribution >= 0.6 is 0 Å². The number of aromatic amines is 1. The van der Waals surface area contributed by atoms with E-state index in [0.29, 0.717) is 5.92 Å². The average molecular weight is 177 g/mol. The molecule has 0 saturated heterocycles. The van der Waals surface area contributed by atoms with Crippen molar-refractivity contribution in [2.24, 2.45) is 0 Å². The zero-order chi connectivity index (χ0) is 9.26. The Morgan fingerprint density at radius 3 is 3.15 bits per heavy atom. The molecule has 0 aliphatic heterocycles. The average Bonchev–Trinajstić information content (AvgIpc) is 2.63. The van der Waals surface area contributed by atoms with Crippen molar-refractivity contribution >= 4 is 10.9 Å². The lowest BCUT2D eigenvalue weighted by molar-refractivity contribution is 0.710. The van der Waals surface area contributed by atoms with Gasteiger partial charge >= 0.3 is 0 Å². The molecule has 3 heteroatoms. The van der Waals surface area contributed by atoms with Gasteiger partial charge in [0.25, 0.3) is 0 Å². The highest BCUT2D eigenvalue weighted by atomic mass is 15.1. The van der Waals surface area contributed by atoms with E-state index in [1.54, 1.807) is 0 Å². The van der Waals surface area contributed by atoms with E-state index >= 15 is 0 Å². The van der Waals surface area contributed by atoms with Crippen molar-refractivity contribution in [1.29, 1.82) is 0 Å². The minimum atomic E-state index is 0. The van der Waals surface area contributed by atoms with E-state index in [1.807, 2.05) is 12.4 Å². The van der Waals surface area contributed by atoms with Gasteiger partial charge in [-0.25, -0.2) is 0 Å². The van der Waals surface area contributed by atoms with Gasteiger partial charge in [-0.15, -0.1) is 0 Å². The zero-order valence-electron chi connectivity index (χ0n) is 7.91. The van der Waals surface area contributed by atoms with Crippen molar-refractivity contribution in [3.05, 3.63) is 24.2 Å². The van der Waals surface area contributed by atoms with E-state index in [1.165, 1.54) is 0 Å². The van der Waals surface area contributed by atoms with E-state index < -0.39 is 0 Å². The molecule has 0 bridgehead atoms. The molecule has 0 radical (unpaired) electrons. The van der Waals surface area contributed by atoms with Crippen LogP contribution in [0.2, 0.25) is 0 Å². The van der Waals surface area contributed by atoms with Crippen molar-refractivity contribution in [3.63, 3.8) is 0 Å². The lowest BCUT2D eigenvalue weighted by Gasteiger charge is -2.06. The predicted molar refractivity (Wildman–Crippen MR) is 54.7 cm³/mol. The van der Waals surface area contributed by atoms with Gasteiger partial charge in [0.05, 0.1) is 17.9 Å². The molecule has 0 aromatic carbocycles. The third kappa shape index (κ3) is 1.41. The number of nitrogens with one attached hydrogen (secondary N) is 1. The third-order valence-corrected chi connectivity index (χ3v) is 2.46. The Kier molecular flexibility index (Phi) is 2.00. The van der Waals surface area contributed by atoms with Crippen LogP contribution in [0.3, 0.4) is 0 Å². The second-order valence-electron chi connectivity index (χ2n) is 3.38. The summed E-state index contributed by atoms with van der Waals surface area (Å²) in [4.78, 5) is 4.38. The lowest BCUT2D eigenvalue weighted by atomic mass is 10.0. The summed E-state index contributed by atoms with van der Waals surface area (Å²) in [6, 6.07) is 2.10. The van der Waals surface area contributed by atoms with Crippen LogP contribution in [-0.2, 0) is 0 Å². The van der Waals surface area contributed by atoms with Gasteiger partial charge in [0.15, 0.2) is 0 Å². The maximum Gasteiger partial charge on any atom is 0.0833 e. The van der Waals surface area contributed by atoms with Gasteiger partial charge in [-0.2, -0.15) is 5.10 Å². The second kappa shape index (κ2) is 3.17. The van der Waals surface area contributed by atoms with Gasteiger partial charge in [0.1, 0.15) is 0 Å². The molecule has 13 heavy (non-hydrogen) atoms. The summed E-state index contributed by atoms with van der Waals surface area (Å²) in [7, 11) is 0. The maximum absolute atomic E-state index is 4.38. The second-order valence-corrected chi connectivity index (χ2v) is 3.38. The largest absolute Gasteiger partial charge is 0.276 e. The zero-order valence-corrected chi connectivity index (χ0v) is 7.91. The van der Waals surface area contributed by atoms with Gasteiger partial charge in [-0.05, 0) is 18.4 Å². The summed E-state index contributed by atoms with van der Waals surface area (Å²) < 4.78 is 0. The van der Waals surface area contributed by atoms with Crippen LogP contribution in [-0.4, -0.2) is 15.2 Å². The Hall–Kier alpha value is -1.38. The molecule has 0 aliphatic carbocycles. The van der Waals surface area contributed by atoms with E-state index in [4.69, 9.17) is 0 Å². The minimum absolute atomic E-state index is 0. The molecule has 2 heterocycles. The molecule has 0 spiro atoms. The van der Waals surface area contributed by atoms with E-state index in [9.17, 15) is 0 Å². The first-order chi connectivity index (χ1) is 6.31. The number of fused-ring (bicyclic) bond motifs is 1. The number of aromatic nitrogens is 3. The molecule has 1 atom stereocenters. The van der Waals surface area contributed by atoms with Crippen LogP contribution < -0.4 is 0 Å². The molecule has 1 unspecified atom stereocenters. The number of pyridine rings is 1. The van der Waals surface area contributed by atoms with Crippen molar-refractivity contribution < 1.29 is 1.43 Å². The summed E-state index contributed by atoms with van der Waals surface area (Å²) in [6.45, 7) is 4.36. The normalized spacial score (nSPS) is 13.4. The van der Waals surface area contributed by atoms with Crippen LogP contribution in [0, 0.1) is 0 Å². The summed E-state index contributed by atoms with van der Waals surface area (Å²) in [5.74, 6) is 0.527. The Balaban J connectivity index is 0.000000980. The van der Waals surface area contributed by atoms with Crippen molar-refractivity contribution in [2.45, 2.75) is 26.2 Å². The molecular formula is C10H15N3. The molecule has 3 nitrogen and oxygen atoms in total. The van der Waals surface area contributed by atoms with Gasteiger partial charge in [-0.3, -0.25) is 10.1 Å². The van der Waals surface area contributed by atoms with E-state index in [0.717, 1.165) is 23.0 Å². The quantitative estimate of drug-likeness (QED) is 0.766. The highest BCUT2D eigenvalue weighted by Gasteiger charge is 2.05. The Bertz CT molecular complexity index is 410. The standard InChI is InChI=1S/C10H13N3.H2/c1-3-7(2)9-4-8-5-12-13-10(8)6-11-9;/h4-7H,3H2,1-2H3,(H,12,13);1H. The number of rotatable bonds is 2. The van der Waals surface area contributed by atoms with Crippen LogP contribution in [0.5, 0.6) is 0 Å². The fraction of sp³-hybridized carbons (Fsp3) is 0.400. The number of nitrogens with zero attached hydrogens (tertiary/aromatic N) is 2.